The highest BCUT2D eigenvalue weighted by atomic mass is 35.5. The third-order valence-corrected chi connectivity index (χ3v) is 3.97. The first-order valence-corrected chi connectivity index (χ1v) is 7.66. The van der Waals surface area contributed by atoms with E-state index in [9.17, 15) is 0 Å². The minimum absolute atomic E-state index is 0.791. The van der Waals surface area contributed by atoms with Crippen LogP contribution >= 0.6 is 11.6 Å². The summed E-state index contributed by atoms with van der Waals surface area (Å²) in [4.78, 5) is 0. The van der Waals surface area contributed by atoms with Crippen molar-refractivity contribution in [2.24, 2.45) is 0 Å². The number of hydrogen-bond donors (Lipinski definition) is 1. The molecule has 0 bridgehead atoms. The molecule has 0 atom stereocenters. The molecule has 0 spiro atoms. The van der Waals surface area contributed by atoms with Crippen LogP contribution in [0.5, 0.6) is 0 Å². The maximum absolute atomic E-state index is 6.32. The molecule has 0 saturated carbocycles. The molecule has 3 heteroatoms. The molecule has 0 aliphatic carbocycles. The lowest BCUT2D eigenvalue weighted by molar-refractivity contribution is 0.639. The molecule has 0 fully saturated rings. The van der Waals surface area contributed by atoms with Gasteiger partial charge in [0.2, 0.25) is 0 Å². The Balaban J connectivity index is 2.23. The van der Waals surface area contributed by atoms with Gasteiger partial charge in [0.25, 0.3) is 0 Å². The second-order valence-corrected chi connectivity index (χ2v) is 5.62. The molecule has 2 aromatic rings. The first-order chi connectivity index (χ1) is 9.65. The summed E-state index contributed by atoms with van der Waals surface area (Å²) in [6, 6.07) is 10.2. The molecule has 2 rings (SSSR count). The molecule has 108 valence electrons. The summed E-state index contributed by atoms with van der Waals surface area (Å²) in [7, 11) is 0. The van der Waals surface area contributed by atoms with Crippen molar-refractivity contribution in [2.45, 2.75) is 40.2 Å². The fourth-order valence-electron chi connectivity index (χ4n) is 2.54. The van der Waals surface area contributed by atoms with E-state index in [1.807, 2.05) is 18.2 Å². The van der Waals surface area contributed by atoms with E-state index in [-0.39, 0.29) is 0 Å². The Kier molecular flexibility index (Phi) is 5.27. The standard InChI is InChI=1S/C17H23ClN2/c1-4-5-10-19-12-15-11-13(2)20(14(15)3)17-9-7-6-8-16(17)18/h6-9,11,19H,4-5,10,12H2,1-3H3. The third-order valence-electron chi connectivity index (χ3n) is 3.65. The fourth-order valence-corrected chi connectivity index (χ4v) is 2.76. The summed E-state index contributed by atoms with van der Waals surface area (Å²) >= 11 is 6.32. The van der Waals surface area contributed by atoms with Crippen LogP contribution in [0.3, 0.4) is 0 Å². The Morgan fingerprint density at radius 1 is 1.20 bits per heavy atom. The molecule has 1 aromatic carbocycles. The van der Waals surface area contributed by atoms with Gasteiger partial charge < -0.3 is 9.88 Å². The lowest BCUT2D eigenvalue weighted by atomic mass is 10.2. The number of aromatic nitrogens is 1. The molecule has 0 aliphatic heterocycles. The number of nitrogens with one attached hydrogen (secondary N) is 1. The molecule has 2 nitrogen and oxygen atoms in total. The molecule has 0 saturated heterocycles. The van der Waals surface area contributed by atoms with E-state index in [1.54, 1.807) is 0 Å². The van der Waals surface area contributed by atoms with Gasteiger partial charge in [-0.3, -0.25) is 0 Å². The average molecular weight is 291 g/mol. The van der Waals surface area contributed by atoms with Crippen LogP contribution in [-0.2, 0) is 6.54 Å². The average Bonchev–Trinajstić information content (AvgIpc) is 2.71. The Bertz CT molecular complexity index is 572. The van der Waals surface area contributed by atoms with E-state index in [0.717, 1.165) is 23.8 Å². The molecule has 1 N–H and O–H groups in total. The molecule has 1 aromatic heterocycles. The highest BCUT2D eigenvalue weighted by molar-refractivity contribution is 6.32. The van der Waals surface area contributed by atoms with Crippen LogP contribution in [0.15, 0.2) is 30.3 Å². The first kappa shape index (κ1) is 15.1. The van der Waals surface area contributed by atoms with Crippen molar-refractivity contribution >= 4 is 11.6 Å². The Morgan fingerprint density at radius 2 is 1.95 bits per heavy atom. The van der Waals surface area contributed by atoms with Crippen LogP contribution in [0.4, 0.5) is 0 Å². The highest BCUT2D eigenvalue weighted by Crippen LogP contribution is 2.26. The number of aryl methyl sites for hydroxylation is 1. The van der Waals surface area contributed by atoms with E-state index in [1.165, 1.54) is 29.8 Å². The lowest BCUT2D eigenvalue weighted by Gasteiger charge is -2.12. The SMILES string of the molecule is CCCCNCc1cc(C)n(-c2ccccc2Cl)c1C. The van der Waals surface area contributed by atoms with Crippen molar-refractivity contribution in [2.75, 3.05) is 6.54 Å². The maximum Gasteiger partial charge on any atom is 0.0646 e. The van der Waals surface area contributed by atoms with Gasteiger partial charge in [0, 0.05) is 17.9 Å². The van der Waals surface area contributed by atoms with Gasteiger partial charge in [0.05, 0.1) is 10.7 Å². The minimum Gasteiger partial charge on any atom is -0.317 e. The van der Waals surface area contributed by atoms with Crippen molar-refractivity contribution in [1.82, 2.24) is 9.88 Å². The number of benzene rings is 1. The normalized spacial score (nSPS) is 11.0. The fraction of sp³-hybridized carbons (Fsp3) is 0.412. The lowest BCUT2D eigenvalue weighted by Crippen LogP contribution is -2.15. The van der Waals surface area contributed by atoms with Gasteiger partial charge in [0.1, 0.15) is 0 Å². The third kappa shape index (κ3) is 3.25. The van der Waals surface area contributed by atoms with Gasteiger partial charge in [0.15, 0.2) is 0 Å². The van der Waals surface area contributed by atoms with E-state index in [2.05, 4.69) is 42.8 Å². The van der Waals surface area contributed by atoms with E-state index in [0.29, 0.717) is 0 Å². The molecule has 0 aliphatic rings. The Labute approximate surface area is 126 Å². The predicted octanol–water partition coefficient (Wildman–Crippen LogP) is 4.64. The summed E-state index contributed by atoms with van der Waals surface area (Å²) in [6.07, 6.45) is 2.45. The van der Waals surface area contributed by atoms with Gasteiger partial charge in [-0.25, -0.2) is 0 Å². The second kappa shape index (κ2) is 6.96. The van der Waals surface area contributed by atoms with E-state index in [4.69, 9.17) is 11.6 Å². The smallest absolute Gasteiger partial charge is 0.0646 e. The minimum atomic E-state index is 0.791. The molecular weight excluding hydrogens is 268 g/mol. The second-order valence-electron chi connectivity index (χ2n) is 5.21. The number of halogens is 1. The number of hydrogen-bond acceptors (Lipinski definition) is 1. The zero-order valence-electron chi connectivity index (χ0n) is 12.5. The van der Waals surface area contributed by atoms with Crippen LogP contribution in [0, 0.1) is 13.8 Å². The topological polar surface area (TPSA) is 17.0 Å². The number of unbranched alkanes of at least 4 members (excludes halogenated alkanes) is 1. The number of rotatable bonds is 6. The first-order valence-electron chi connectivity index (χ1n) is 7.28. The maximum atomic E-state index is 6.32. The van der Waals surface area contributed by atoms with E-state index < -0.39 is 0 Å². The van der Waals surface area contributed by atoms with Gasteiger partial charge in [-0.05, 0) is 50.6 Å². The predicted molar refractivity (Wildman–Crippen MR) is 86.9 cm³/mol. The zero-order valence-corrected chi connectivity index (χ0v) is 13.3. The van der Waals surface area contributed by atoms with Gasteiger partial charge in [-0.2, -0.15) is 0 Å². The van der Waals surface area contributed by atoms with Crippen molar-refractivity contribution in [1.29, 1.82) is 0 Å². The largest absolute Gasteiger partial charge is 0.317 e. The highest BCUT2D eigenvalue weighted by Gasteiger charge is 2.12. The molecule has 0 amide bonds. The Hall–Kier alpha value is -1.25. The van der Waals surface area contributed by atoms with Crippen LogP contribution < -0.4 is 5.32 Å². The summed E-state index contributed by atoms with van der Waals surface area (Å²) in [5, 5.41) is 4.30. The number of para-hydroxylation sites is 1. The van der Waals surface area contributed by atoms with Crippen molar-refractivity contribution in [3.63, 3.8) is 0 Å². The van der Waals surface area contributed by atoms with Gasteiger partial charge in [-0.1, -0.05) is 37.1 Å². The quantitative estimate of drug-likeness (QED) is 0.767. The van der Waals surface area contributed by atoms with Crippen molar-refractivity contribution in [3.8, 4) is 5.69 Å². The molecule has 20 heavy (non-hydrogen) atoms. The van der Waals surface area contributed by atoms with Crippen LogP contribution in [0.25, 0.3) is 5.69 Å². The molecule has 0 unspecified atom stereocenters. The summed E-state index contributed by atoms with van der Waals surface area (Å²) in [5.41, 5.74) is 4.89. The summed E-state index contributed by atoms with van der Waals surface area (Å²) in [6.45, 7) is 8.50. The van der Waals surface area contributed by atoms with Crippen LogP contribution in [-0.4, -0.2) is 11.1 Å². The van der Waals surface area contributed by atoms with Gasteiger partial charge in [-0.15, -0.1) is 0 Å². The summed E-state index contributed by atoms with van der Waals surface area (Å²) in [5.74, 6) is 0. The van der Waals surface area contributed by atoms with Crippen LogP contribution in [0.1, 0.15) is 36.7 Å². The van der Waals surface area contributed by atoms with E-state index >= 15 is 0 Å². The summed E-state index contributed by atoms with van der Waals surface area (Å²) < 4.78 is 2.24. The Morgan fingerprint density at radius 3 is 2.65 bits per heavy atom. The zero-order chi connectivity index (χ0) is 14.5. The monoisotopic (exact) mass is 290 g/mol. The molecule has 0 radical (unpaired) electrons. The number of nitrogens with zero attached hydrogens (tertiary/aromatic N) is 1. The molecule has 1 heterocycles. The van der Waals surface area contributed by atoms with Crippen molar-refractivity contribution in [3.05, 3.63) is 52.3 Å². The van der Waals surface area contributed by atoms with Crippen LogP contribution in [0.2, 0.25) is 5.02 Å². The van der Waals surface area contributed by atoms with Gasteiger partial charge >= 0.3 is 0 Å². The molecular formula is C17H23ClN2. The van der Waals surface area contributed by atoms with Crippen molar-refractivity contribution < 1.29 is 0 Å².